The van der Waals surface area contributed by atoms with Crippen LogP contribution in [0.2, 0.25) is 0 Å². The number of pyridine rings is 1. The minimum absolute atomic E-state index is 0.0140. The summed E-state index contributed by atoms with van der Waals surface area (Å²) >= 11 is 0. The first-order valence-electron chi connectivity index (χ1n) is 9.63. The van der Waals surface area contributed by atoms with Crippen molar-refractivity contribution in [3.8, 4) is 11.5 Å². The second-order valence-electron chi connectivity index (χ2n) is 7.86. The van der Waals surface area contributed by atoms with Gasteiger partial charge >= 0.3 is 5.97 Å². The highest BCUT2D eigenvalue weighted by Crippen LogP contribution is 2.26. The van der Waals surface area contributed by atoms with E-state index >= 15 is 0 Å². The molecule has 1 aromatic heterocycles. The van der Waals surface area contributed by atoms with Crippen molar-refractivity contribution in [2.75, 3.05) is 26.2 Å². The summed E-state index contributed by atoms with van der Waals surface area (Å²) in [5.41, 5.74) is 0.657. The molecular formula is C22H28N2O4. The summed E-state index contributed by atoms with van der Waals surface area (Å²) < 4.78 is 17.1. The monoisotopic (exact) mass is 384 g/mol. The Hall–Kier alpha value is -2.44. The number of hydrogen-bond acceptors (Lipinski definition) is 6. The Kier molecular flexibility index (Phi) is 6.65. The summed E-state index contributed by atoms with van der Waals surface area (Å²) in [5.74, 6) is 1.30. The number of morpholine rings is 1. The van der Waals surface area contributed by atoms with Crippen LogP contribution in [0.4, 0.5) is 0 Å². The fourth-order valence-corrected chi connectivity index (χ4v) is 3.04. The first kappa shape index (κ1) is 20.3. The highest BCUT2D eigenvalue weighted by atomic mass is 16.6. The van der Waals surface area contributed by atoms with E-state index in [-0.39, 0.29) is 12.1 Å². The average molecular weight is 384 g/mol. The van der Waals surface area contributed by atoms with E-state index in [9.17, 15) is 4.79 Å². The minimum atomic E-state index is -0.440. The van der Waals surface area contributed by atoms with E-state index in [1.165, 1.54) is 0 Å². The predicted molar refractivity (Wildman–Crippen MR) is 106 cm³/mol. The zero-order chi connectivity index (χ0) is 20.0. The van der Waals surface area contributed by atoms with Crippen molar-refractivity contribution < 1.29 is 19.0 Å². The van der Waals surface area contributed by atoms with E-state index in [0.29, 0.717) is 25.3 Å². The zero-order valence-electron chi connectivity index (χ0n) is 16.8. The Bertz CT molecular complexity index is 756. The van der Waals surface area contributed by atoms with Crippen molar-refractivity contribution in [3.05, 3.63) is 54.4 Å². The van der Waals surface area contributed by atoms with E-state index in [1.807, 2.05) is 57.2 Å². The zero-order valence-corrected chi connectivity index (χ0v) is 16.8. The van der Waals surface area contributed by atoms with Crippen molar-refractivity contribution >= 4 is 5.97 Å². The molecule has 0 amide bonds. The fourth-order valence-electron chi connectivity index (χ4n) is 3.04. The third-order valence-electron chi connectivity index (χ3n) is 4.32. The Labute approximate surface area is 166 Å². The highest BCUT2D eigenvalue weighted by Gasteiger charge is 2.23. The molecule has 6 heteroatoms. The van der Waals surface area contributed by atoms with Gasteiger partial charge in [-0.1, -0.05) is 12.1 Å². The van der Waals surface area contributed by atoms with Crippen molar-refractivity contribution in [2.45, 2.75) is 38.9 Å². The van der Waals surface area contributed by atoms with Crippen LogP contribution in [0.1, 0.15) is 38.9 Å². The van der Waals surface area contributed by atoms with Gasteiger partial charge in [0, 0.05) is 25.8 Å². The van der Waals surface area contributed by atoms with Crippen LogP contribution in [0.25, 0.3) is 0 Å². The average Bonchev–Trinajstić information content (AvgIpc) is 2.67. The number of ether oxygens (including phenoxy) is 3. The van der Waals surface area contributed by atoms with Gasteiger partial charge < -0.3 is 14.2 Å². The predicted octanol–water partition coefficient (Wildman–Crippen LogP) is 3.98. The van der Waals surface area contributed by atoms with Gasteiger partial charge in [0.15, 0.2) is 0 Å². The molecule has 0 aliphatic carbocycles. The smallest absolute Gasteiger partial charge is 0.307 e. The van der Waals surface area contributed by atoms with Gasteiger partial charge in [-0.25, -0.2) is 0 Å². The van der Waals surface area contributed by atoms with Crippen molar-refractivity contribution in [2.24, 2.45) is 0 Å². The van der Waals surface area contributed by atoms with Crippen LogP contribution < -0.4 is 4.74 Å². The van der Waals surface area contributed by atoms with Gasteiger partial charge in [0.25, 0.3) is 0 Å². The van der Waals surface area contributed by atoms with Crippen LogP contribution in [-0.4, -0.2) is 47.7 Å². The molecule has 150 valence electrons. The molecule has 2 aromatic rings. The molecule has 1 saturated heterocycles. The second kappa shape index (κ2) is 9.17. The molecule has 0 spiro atoms. The summed E-state index contributed by atoms with van der Waals surface area (Å²) in [6.45, 7) is 8.56. The van der Waals surface area contributed by atoms with E-state index < -0.39 is 5.60 Å². The molecule has 0 bridgehead atoms. The van der Waals surface area contributed by atoms with Gasteiger partial charge in [0.1, 0.15) is 17.1 Å². The van der Waals surface area contributed by atoms with Gasteiger partial charge in [0.05, 0.1) is 25.3 Å². The minimum Gasteiger partial charge on any atom is -0.460 e. The van der Waals surface area contributed by atoms with Crippen molar-refractivity contribution in [1.82, 2.24) is 9.88 Å². The summed E-state index contributed by atoms with van der Waals surface area (Å²) in [7, 11) is 0. The molecule has 0 N–H and O–H groups in total. The number of rotatable bonds is 6. The molecule has 6 nitrogen and oxygen atoms in total. The first-order chi connectivity index (χ1) is 13.4. The van der Waals surface area contributed by atoms with Crippen molar-refractivity contribution in [3.63, 3.8) is 0 Å². The van der Waals surface area contributed by atoms with E-state index in [2.05, 4.69) is 9.88 Å². The van der Waals surface area contributed by atoms with Crippen LogP contribution in [0.5, 0.6) is 11.5 Å². The fraction of sp³-hybridized carbons (Fsp3) is 0.455. The number of aromatic nitrogens is 1. The van der Waals surface area contributed by atoms with Crippen molar-refractivity contribution in [1.29, 1.82) is 0 Å². The Morgan fingerprint density at radius 2 is 2.00 bits per heavy atom. The lowest BCUT2D eigenvalue weighted by Crippen LogP contribution is -2.39. The van der Waals surface area contributed by atoms with Gasteiger partial charge in [-0.15, -0.1) is 0 Å². The number of nitrogens with zero attached hydrogens (tertiary/aromatic N) is 2. The molecule has 1 aliphatic rings. The number of esters is 1. The number of carbonyl (C=O) groups excluding carboxylic acids is 1. The number of benzene rings is 1. The normalized spacial score (nSPS) is 17.9. The Balaban J connectivity index is 1.51. The van der Waals surface area contributed by atoms with Crippen LogP contribution in [0.15, 0.2) is 48.8 Å². The topological polar surface area (TPSA) is 60.9 Å². The third kappa shape index (κ3) is 6.32. The van der Waals surface area contributed by atoms with E-state index in [0.717, 1.165) is 24.4 Å². The number of hydrogen-bond donors (Lipinski definition) is 0. The molecule has 28 heavy (non-hydrogen) atoms. The van der Waals surface area contributed by atoms with Gasteiger partial charge in [-0.3, -0.25) is 14.7 Å². The molecule has 1 aliphatic heterocycles. The van der Waals surface area contributed by atoms with Gasteiger partial charge in [-0.2, -0.15) is 0 Å². The quantitative estimate of drug-likeness (QED) is 0.702. The second-order valence-corrected chi connectivity index (χ2v) is 7.86. The van der Waals surface area contributed by atoms with Crippen LogP contribution in [-0.2, 0) is 14.3 Å². The van der Waals surface area contributed by atoms with E-state index in [1.54, 1.807) is 12.4 Å². The molecule has 1 fully saturated rings. The first-order valence-corrected chi connectivity index (χ1v) is 9.63. The number of carbonyl (C=O) groups is 1. The van der Waals surface area contributed by atoms with Crippen LogP contribution in [0.3, 0.4) is 0 Å². The lowest BCUT2D eigenvalue weighted by Gasteiger charge is -2.33. The highest BCUT2D eigenvalue weighted by molar-refractivity contribution is 5.70. The maximum absolute atomic E-state index is 11.9. The molecule has 3 rings (SSSR count). The van der Waals surface area contributed by atoms with Gasteiger partial charge in [0.2, 0.25) is 0 Å². The molecular weight excluding hydrogens is 356 g/mol. The molecule has 0 radical (unpaired) electrons. The summed E-state index contributed by atoms with van der Waals surface area (Å²) in [4.78, 5) is 18.2. The summed E-state index contributed by atoms with van der Waals surface area (Å²) in [6.07, 6.45) is 3.77. The molecule has 0 saturated carbocycles. The molecule has 1 atom stereocenters. The molecule has 2 heterocycles. The largest absolute Gasteiger partial charge is 0.460 e. The Morgan fingerprint density at radius 1 is 1.21 bits per heavy atom. The summed E-state index contributed by atoms with van der Waals surface area (Å²) in [6, 6.07) is 11.6. The maximum atomic E-state index is 11.9. The molecule has 1 unspecified atom stereocenters. The Morgan fingerprint density at radius 3 is 2.68 bits per heavy atom. The van der Waals surface area contributed by atoms with Crippen LogP contribution in [0, 0.1) is 0 Å². The molecule has 1 aromatic carbocycles. The lowest BCUT2D eigenvalue weighted by molar-refractivity contribution is -0.155. The maximum Gasteiger partial charge on any atom is 0.307 e. The van der Waals surface area contributed by atoms with Gasteiger partial charge in [-0.05, 0) is 50.6 Å². The summed E-state index contributed by atoms with van der Waals surface area (Å²) in [5, 5.41) is 0. The van der Waals surface area contributed by atoms with Crippen LogP contribution >= 0.6 is 0 Å². The third-order valence-corrected chi connectivity index (χ3v) is 4.32. The standard InChI is InChI=1S/C22H28N2O4/c1-22(2,3)28-21(25)10-12-24-13-14-26-20(16-24)17-6-8-18(9-7-17)27-19-5-4-11-23-15-19/h4-9,11,15,20H,10,12-14,16H2,1-3H3. The lowest BCUT2D eigenvalue weighted by atomic mass is 10.1. The van der Waals surface area contributed by atoms with E-state index in [4.69, 9.17) is 14.2 Å². The SMILES string of the molecule is CC(C)(C)OC(=O)CCN1CCOC(c2ccc(Oc3cccnc3)cc2)C1.